The summed E-state index contributed by atoms with van der Waals surface area (Å²) in [7, 11) is 0. The minimum Gasteiger partial charge on any atom is -0.487 e. The number of halogens is 1. The van der Waals surface area contributed by atoms with E-state index in [1.807, 2.05) is 6.92 Å². The molecule has 2 atom stereocenters. The number of hydrogen-bond acceptors (Lipinski definition) is 2. The third-order valence-electron chi connectivity index (χ3n) is 4.55. The number of hydrogen-bond donors (Lipinski definition) is 1. The van der Waals surface area contributed by atoms with Gasteiger partial charge in [-0.2, -0.15) is 0 Å². The van der Waals surface area contributed by atoms with Crippen molar-refractivity contribution in [3.05, 3.63) is 27.8 Å². The van der Waals surface area contributed by atoms with Crippen LogP contribution in [0, 0.1) is 19.8 Å². The van der Waals surface area contributed by atoms with Crippen molar-refractivity contribution in [1.29, 1.82) is 0 Å². The van der Waals surface area contributed by atoms with Crippen LogP contribution in [0.1, 0.15) is 63.3 Å². The summed E-state index contributed by atoms with van der Waals surface area (Å²) in [5.74, 6) is 1.64. The van der Waals surface area contributed by atoms with E-state index < -0.39 is 0 Å². The van der Waals surface area contributed by atoms with Gasteiger partial charge in [0.05, 0.1) is 0 Å². The van der Waals surface area contributed by atoms with Crippen LogP contribution >= 0.6 is 11.6 Å². The summed E-state index contributed by atoms with van der Waals surface area (Å²) in [6.45, 7) is 14.0. The van der Waals surface area contributed by atoms with E-state index in [2.05, 4.69) is 46.0 Å². The molecule has 3 heteroatoms. The predicted octanol–water partition coefficient (Wildman–Crippen LogP) is 5.19. The van der Waals surface area contributed by atoms with Gasteiger partial charge in [-0.1, -0.05) is 32.4 Å². The lowest BCUT2D eigenvalue weighted by molar-refractivity contribution is 0.0434. The lowest BCUT2D eigenvalue weighted by atomic mass is 9.84. The molecule has 0 spiro atoms. The van der Waals surface area contributed by atoms with Crippen LogP contribution in [0.3, 0.4) is 0 Å². The third kappa shape index (κ3) is 3.37. The Balaban J connectivity index is 2.45. The molecular formula is C18H28ClNO. The fraction of sp³-hybridized carbons (Fsp3) is 0.667. The second kappa shape index (κ2) is 6.18. The van der Waals surface area contributed by atoms with Gasteiger partial charge < -0.3 is 10.1 Å². The van der Waals surface area contributed by atoms with Crippen LogP contribution in [-0.4, -0.2) is 12.1 Å². The molecule has 118 valence electrons. The average Bonchev–Trinajstić information content (AvgIpc) is 2.42. The van der Waals surface area contributed by atoms with Crippen LogP contribution in [0.4, 0.5) is 0 Å². The van der Waals surface area contributed by atoms with E-state index in [-0.39, 0.29) is 5.60 Å². The van der Waals surface area contributed by atoms with Gasteiger partial charge in [-0.25, -0.2) is 0 Å². The highest BCUT2D eigenvalue weighted by Crippen LogP contribution is 2.45. The first-order chi connectivity index (χ1) is 9.77. The molecule has 0 saturated heterocycles. The first kappa shape index (κ1) is 16.6. The zero-order chi connectivity index (χ0) is 15.8. The molecule has 0 aliphatic carbocycles. The summed E-state index contributed by atoms with van der Waals surface area (Å²) < 4.78 is 6.32. The minimum atomic E-state index is -0.103. The molecule has 1 aromatic rings. The molecule has 0 bridgehead atoms. The maximum Gasteiger partial charge on any atom is 0.125 e. The van der Waals surface area contributed by atoms with Crippen molar-refractivity contribution in [2.75, 3.05) is 6.54 Å². The summed E-state index contributed by atoms with van der Waals surface area (Å²) in [5, 5.41) is 4.58. The van der Waals surface area contributed by atoms with Crippen molar-refractivity contribution in [3.63, 3.8) is 0 Å². The van der Waals surface area contributed by atoms with Crippen molar-refractivity contribution in [2.24, 2.45) is 5.92 Å². The standard InChI is InChI=1S/C18H28ClNO/c1-7-18(6)9-14(20-10-11(2)3)16-13(5)17(19)12(4)8-15(16)21-18/h8,11,14,20H,7,9-10H2,1-6H3. The molecule has 0 fully saturated rings. The fourth-order valence-corrected chi connectivity index (χ4v) is 3.22. The molecule has 1 aromatic carbocycles. The molecule has 1 aliphatic rings. The highest BCUT2D eigenvalue weighted by molar-refractivity contribution is 6.32. The molecule has 0 aromatic heterocycles. The Labute approximate surface area is 134 Å². The normalized spacial score (nSPS) is 24.9. The molecular weight excluding hydrogens is 282 g/mol. The lowest BCUT2D eigenvalue weighted by Gasteiger charge is -2.41. The Morgan fingerprint density at radius 1 is 1.43 bits per heavy atom. The van der Waals surface area contributed by atoms with Gasteiger partial charge in [0.25, 0.3) is 0 Å². The predicted molar refractivity (Wildman–Crippen MR) is 90.4 cm³/mol. The fourth-order valence-electron chi connectivity index (χ4n) is 3.06. The van der Waals surface area contributed by atoms with E-state index in [1.54, 1.807) is 0 Å². The zero-order valence-electron chi connectivity index (χ0n) is 14.1. The summed E-state index contributed by atoms with van der Waals surface area (Å²) >= 11 is 6.46. The average molecular weight is 310 g/mol. The van der Waals surface area contributed by atoms with Crippen LogP contribution in [0.25, 0.3) is 0 Å². The lowest BCUT2D eigenvalue weighted by Crippen LogP contribution is -2.42. The van der Waals surface area contributed by atoms with E-state index in [9.17, 15) is 0 Å². The van der Waals surface area contributed by atoms with Crippen molar-refractivity contribution >= 4 is 11.6 Å². The first-order valence-electron chi connectivity index (χ1n) is 7.99. The molecule has 2 unspecified atom stereocenters. The van der Waals surface area contributed by atoms with Crippen LogP contribution in [-0.2, 0) is 0 Å². The van der Waals surface area contributed by atoms with Crippen LogP contribution < -0.4 is 10.1 Å². The molecule has 1 aliphatic heterocycles. The Bertz CT molecular complexity index is 526. The maximum atomic E-state index is 6.46. The highest BCUT2D eigenvalue weighted by Gasteiger charge is 2.37. The summed E-state index contributed by atoms with van der Waals surface area (Å²) in [6, 6.07) is 2.42. The number of nitrogens with one attached hydrogen (secondary N) is 1. The van der Waals surface area contributed by atoms with Gasteiger partial charge in [-0.3, -0.25) is 0 Å². The zero-order valence-corrected chi connectivity index (χ0v) is 14.9. The number of aryl methyl sites for hydroxylation is 1. The van der Waals surface area contributed by atoms with Gasteiger partial charge in [0.2, 0.25) is 0 Å². The Morgan fingerprint density at radius 3 is 2.67 bits per heavy atom. The van der Waals surface area contributed by atoms with Crippen LogP contribution in [0.15, 0.2) is 6.07 Å². The van der Waals surface area contributed by atoms with Crippen molar-refractivity contribution in [1.82, 2.24) is 5.32 Å². The Kier molecular flexibility index (Phi) is 4.89. The topological polar surface area (TPSA) is 21.3 Å². The summed E-state index contributed by atoms with van der Waals surface area (Å²) in [6.07, 6.45) is 2.00. The maximum absolute atomic E-state index is 6.46. The third-order valence-corrected chi connectivity index (χ3v) is 5.14. The highest BCUT2D eigenvalue weighted by atomic mass is 35.5. The SMILES string of the molecule is CCC1(C)CC(NCC(C)C)c2c(cc(C)c(Cl)c2C)O1. The van der Waals surface area contributed by atoms with Crippen molar-refractivity contribution in [2.45, 2.75) is 66.0 Å². The summed E-state index contributed by atoms with van der Waals surface area (Å²) in [4.78, 5) is 0. The Hall–Kier alpha value is -0.730. The number of rotatable bonds is 4. The molecule has 0 radical (unpaired) electrons. The van der Waals surface area contributed by atoms with Crippen molar-refractivity contribution < 1.29 is 4.74 Å². The minimum absolute atomic E-state index is 0.103. The largest absolute Gasteiger partial charge is 0.487 e. The molecule has 1 heterocycles. The van der Waals surface area contributed by atoms with Gasteiger partial charge in [0.15, 0.2) is 0 Å². The van der Waals surface area contributed by atoms with Crippen LogP contribution in [0.2, 0.25) is 5.02 Å². The quantitative estimate of drug-likeness (QED) is 0.826. The number of fused-ring (bicyclic) bond motifs is 1. The second-order valence-corrected chi connectivity index (χ2v) is 7.39. The van der Waals surface area contributed by atoms with E-state index in [1.165, 1.54) is 5.56 Å². The van der Waals surface area contributed by atoms with Gasteiger partial charge in [-0.05, 0) is 56.8 Å². The first-order valence-corrected chi connectivity index (χ1v) is 8.37. The molecule has 2 rings (SSSR count). The second-order valence-electron chi connectivity index (χ2n) is 7.01. The monoisotopic (exact) mass is 309 g/mol. The molecule has 0 saturated carbocycles. The van der Waals surface area contributed by atoms with E-state index >= 15 is 0 Å². The number of ether oxygens (including phenoxy) is 1. The molecule has 0 amide bonds. The van der Waals surface area contributed by atoms with E-state index in [4.69, 9.17) is 16.3 Å². The van der Waals surface area contributed by atoms with Gasteiger partial charge in [0.1, 0.15) is 11.4 Å². The molecule has 21 heavy (non-hydrogen) atoms. The van der Waals surface area contributed by atoms with E-state index in [0.29, 0.717) is 12.0 Å². The van der Waals surface area contributed by atoms with Gasteiger partial charge >= 0.3 is 0 Å². The number of benzene rings is 1. The Morgan fingerprint density at radius 2 is 2.10 bits per heavy atom. The van der Waals surface area contributed by atoms with Crippen molar-refractivity contribution in [3.8, 4) is 5.75 Å². The van der Waals surface area contributed by atoms with Gasteiger partial charge in [0, 0.05) is 23.0 Å². The molecule has 2 nitrogen and oxygen atoms in total. The molecule has 1 N–H and O–H groups in total. The summed E-state index contributed by atoms with van der Waals surface area (Å²) in [5.41, 5.74) is 3.40. The van der Waals surface area contributed by atoms with Crippen LogP contribution in [0.5, 0.6) is 5.75 Å². The smallest absolute Gasteiger partial charge is 0.125 e. The van der Waals surface area contributed by atoms with Gasteiger partial charge in [-0.15, -0.1) is 0 Å². The van der Waals surface area contributed by atoms with E-state index in [0.717, 1.165) is 41.3 Å².